The van der Waals surface area contributed by atoms with Gasteiger partial charge in [-0.25, -0.2) is 4.98 Å². The summed E-state index contributed by atoms with van der Waals surface area (Å²) in [5.74, 6) is 1.25. The summed E-state index contributed by atoms with van der Waals surface area (Å²) in [7, 11) is 1.76. The maximum atomic E-state index is 12.1. The summed E-state index contributed by atoms with van der Waals surface area (Å²) in [5, 5.41) is 9.49. The number of hydrogen-bond donors (Lipinski definition) is 3. The molecule has 0 spiro atoms. The number of pyridine rings is 1. The minimum absolute atomic E-state index is 0.0664. The van der Waals surface area contributed by atoms with Gasteiger partial charge in [-0.3, -0.25) is 9.79 Å². The number of nitrogens with zero attached hydrogens (tertiary/aromatic N) is 2. The lowest BCUT2D eigenvalue weighted by Gasteiger charge is -2.30. The molecule has 0 aromatic carbocycles. The normalized spacial score (nSPS) is 16.0. The average Bonchev–Trinajstić information content (AvgIpc) is 3.15. The Balaban J connectivity index is 1.71. The number of nitrogens with one attached hydrogen (secondary N) is 3. The molecule has 1 aliphatic carbocycles. The standard InChI is InChI=1S/C21H35N5O2/c1-4-28-14-12-21(10-5-6-11-21)16-25-20(22-3)23-13-9-19(27)26-18-8-7-17(2)15-24-18/h7-8,15H,4-6,9-14,16H2,1-3H3,(H2,22,23,25)(H,24,26,27). The zero-order chi connectivity index (χ0) is 20.2. The molecule has 1 aromatic heterocycles. The minimum atomic E-state index is -0.0664. The van der Waals surface area contributed by atoms with E-state index in [0.717, 1.165) is 37.7 Å². The molecule has 7 nitrogen and oxygen atoms in total. The first-order valence-electron chi connectivity index (χ1n) is 10.3. The smallest absolute Gasteiger partial charge is 0.227 e. The SMILES string of the molecule is CCOCCC1(CNC(=NC)NCCC(=O)Nc2ccc(C)cn2)CCCC1. The van der Waals surface area contributed by atoms with Gasteiger partial charge in [-0.05, 0) is 50.2 Å². The quantitative estimate of drug-likeness (QED) is 0.325. The third-order valence-electron chi connectivity index (χ3n) is 5.32. The maximum absolute atomic E-state index is 12.1. The number of aromatic nitrogens is 1. The van der Waals surface area contributed by atoms with Crippen molar-refractivity contribution in [2.45, 2.75) is 52.4 Å². The monoisotopic (exact) mass is 389 g/mol. The summed E-state index contributed by atoms with van der Waals surface area (Å²) in [4.78, 5) is 20.5. The van der Waals surface area contributed by atoms with Gasteiger partial charge in [-0.1, -0.05) is 18.9 Å². The van der Waals surface area contributed by atoms with Gasteiger partial charge in [0.05, 0.1) is 0 Å². The first-order valence-corrected chi connectivity index (χ1v) is 10.3. The molecular formula is C21H35N5O2. The molecule has 0 bridgehead atoms. The zero-order valence-corrected chi connectivity index (χ0v) is 17.5. The van der Waals surface area contributed by atoms with Crippen molar-refractivity contribution in [1.82, 2.24) is 15.6 Å². The molecule has 156 valence electrons. The number of rotatable bonds is 10. The van der Waals surface area contributed by atoms with Crippen LogP contribution in [0.15, 0.2) is 23.3 Å². The van der Waals surface area contributed by atoms with Crippen LogP contribution in [0.4, 0.5) is 5.82 Å². The van der Waals surface area contributed by atoms with Crippen LogP contribution in [0.5, 0.6) is 0 Å². The predicted molar refractivity (Wildman–Crippen MR) is 114 cm³/mol. The van der Waals surface area contributed by atoms with E-state index < -0.39 is 0 Å². The van der Waals surface area contributed by atoms with Crippen LogP contribution in [-0.2, 0) is 9.53 Å². The molecule has 1 heterocycles. The Hall–Kier alpha value is -2.15. The van der Waals surface area contributed by atoms with Gasteiger partial charge in [0.15, 0.2) is 5.96 Å². The Kier molecular flexibility index (Phi) is 9.20. The molecule has 2 rings (SSSR count). The lowest BCUT2D eigenvalue weighted by atomic mass is 9.83. The number of ether oxygens (including phenoxy) is 1. The third-order valence-corrected chi connectivity index (χ3v) is 5.32. The van der Waals surface area contributed by atoms with Crippen LogP contribution < -0.4 is 16.0 Å². The number of guanidine groups is 1. The number of carbonyl (C=O) groups excluding carboxylic acids is 1. The summed E-state index contributed by atoms with van der Waals surface area (Å²) < 4.78 is 5.58. The number of carbonyl (C=O) groups is 1. The summed E-state index contributed by atoms with van der Waals surface area (Å²) in [6.45, 7) is 7.00. The fraction of sp³-hybridized carbons (Fsp3) is 0.667. The lowest BCUT2D eigenvalue weighted by Crippen LogP contribution is -2.44. The molecule has 0 atom stereocenters. The van der Waals surface area contributed by atoms with E-state index in [1.165, 1.54) is 25.7 Å². The van der Waals surface area contributed by atoms with Crippen molar-refractivity contribution in [2.75, 3.05) is 38.7 Å². The fourth-order valence-electron chi connectivity index (χ4n) is 3.61. The molecule has 0 saturated heterocycles. The van der Waals surface area contributed by atoms with E-state index in [4.69, 9.17) is 4.74 Å². The van der Waals surface area contributed by atoms with E-state index in [0.29, 0.717) is 24.2 Å². The highest BCUT2D eigenvalue weighted by Gasteiger charge is 2.33. The average molecular weight is 390 g/mol. The molecule has 1 aromatic rings. The summed E-state index contributed by atoms with van der Waals surface area (Å²) >= 11 is 0. The van der Waals surface area contributed by atoms with Crippen LogP contribution in [0.2, 0.25) is 0 Å². The van der Waals surface area contributed by atoms with E-state index in [2.05, 4.69) is 25.9 Å². The third kappa shape index (κ3) is 7.46. The summed E-state index contributed by atoms with van der Waals surface area (Å²) in [5.41, 5.74) is 1.36. The molecule has 1 aliphatic rings. The van der Waals surface area contributed by atoms with Gasteiger partial charge >= 0.3 is 0 Å². The van der Waals surface area contributed by atoms with Crippen LogP contribution >= 0.6 is 0 Å². The predicted octanol–water partition coefficient (Wildman–Crippen LogP) is 2.87. The molecule has 7 heteroatoms. The van der Waals surface area contributed by atoms with Crippen molar-refractivity contribution < 1.29 is 9.53 Å². The molecular weight excluding hydrogens is 354 g/mol. The molecule has 28 heavy (non-hydrogen) atoms. The Morgan fingerprint density at radius 2 is 2.07 bits per heavy atom. The van der Waals surface area contributed by atoms with Gasteiger partial charge in [0, 0.05) is 46.0 Å². The molecule has 1 amide bonds. The van der Waals surface area contributed by atoms with Crippen molar-refractivity contribution >= 4 is 17.7 Å². The van der Waals surface area contributed by atoms with E-state index in [-0.39, 0.29) is 5.91 Å². The number of aryl methyl sites for hydroxylation is 1. The molecule has 0 radical (unpaired) electrons. The minimum Gasteiger partial charge on any atom is -0.382 e. The van der Waals surface area contributed by atoms with Gasteiger partial charge in [0.2, 0.25) is 5.91 Å². The van der Waals surface area contributed by atoms with Crippen LogP contribution in [0, 0.1) is 12.3 Å². The Labute approximate surface area is 168 Å². The number of anilines is 1. The highest BCUT2D eigenvalue weighted by atomic mass is 16.5. The zero-order valence-electron chi connectivity index (χ0n) is 17.5. The van der Waals surface area contributed by atoms with Gasteiger partial charge in [-0.2, -0.15) is 0 Å². The Morgan fingerprint density at radius 3 is 2.71 bits per heavy atom. The summed E-state index contributed by atoms with van der Waals surface area (Å²) in [6.07, 6.45) is 8.21. The van der Waals surface area contributed by atoms with Crippen LogP contribution in [0.3, 0.4) is 0 Å². The fourth-order valence-corrected chi connectivity index (χ4v) is 3.61. The molecule has 3 N–H and O–H groups in total. The van der Waals surface area contributed by atoms with E-state index in [9.17, 15) is 4.79 Å². The topological polar surface area (TPSA) is 87.6 Å². The van der Waals surface area contributed by atoms with Gasteiger partial charge in [0.1, 0.15) is 5.82 Å². The van der Waals surface area contributed by atoms with Crippen LogP contribution in [0.1, 0.15) is 51.0 Å². The first-order chi connectivity index (χ1) is 13.6. The second-order valence-corrected chi connectivity index (χ2v) is 7.53. The second-order valence-electron chi connectivity index (χ2n) is 7.53. The highest BCUT2D eigenvalue weighted by molar-refractivity contribution is 5.90. The largest absolute Gasteiger partial charge is 0.382 e. The maximum Gasteiger partial charge on any atom is 0.227 e. The van der Waals surface area contributed by atoms with Crippen molar-refractivity contribution in [3.05, 3.63) is 23.9 Å². The van der Waals surface area contributed by atoms with E-state index in [1.807, 2.05) is 26.0 Å². The van der Waals surface area contributed by atoms with Gasteiger partial charge in [-0.15, -0.1) is 0 Å². The number of hydrogen-bond acceptors (Lipinski definition) is 4. The van der Waals surface area contributed by atoms with Crippen LogP contribution in [-0.4, -0.2) is 50.2 Å². The Morgan fingerprint density at radius 1 is 1.29 bits per heavy atom. The van der Waals surface area contributed by atoms with Crippen molar-refractivity contribution in [3.8, 4) is 0 Å². The van der Waals surface area contributed by atoms with Crippen molar-refractivity contribution in [1.29, 1.82) is 0 Å². The Bertz CT molecular complexity index is 624. The summed E-state index contributed by atoms with van der Waals surface area (Å²) in [6, 6.07) is 3.74. The molecule has 1 saturated carbocycles. The molecule has 0 aliphatic heterocycles. The number of amides is 1. The van der Waals surface area contributed by atoms with E-state index in [1.54, 1.807) is 13.2 Å². The van der Waals surface area contributed by atoms with E-state index >= 15 is 0 Å². The highest BCUT2D eigenvalue weighted by Crippen LogP contribution is 2.40. The van der Waals surface area contributed by atoms with Gasteiger partial charge < -0.3 is 20.7 Å². The number of aliphatic imine (C=N–C) groups is 1. The van der Waals surface area contributed by atoms with Crippen LogP contribution in [0.25, 0.3) is 0 Å². The van der Waals surface area contributed by atoms with Gasteiger partial charge in [0.25, 0.3) is 0 Å². The molecule has 0 unspecified atom stereocenters. The lowest BCUT2D eigenvalue weighted by molar-refractivity contribution is -0.116. The molecule has 1 fully saturated rings. The van der Waals surface area contributed by atoms with Crippen molar-refractivity contribution in [2.24, 2.45) is 10.4 Å². The second kappa shape index (κ2) is 11.6. The first kappa shape index (κ1) is 22.1. The van der Waals surface area contributed by atoms with Crippen molar-refractivity contribution in [3.63, 3.8) is 0 Å².